The van der Waals surface area contributed by atoms with E-state index in [-0.39, 0.29) is 0 Å². The minimum absolute atomic E-state index is 0.445. The number of hydrogen-bond donors (Lipinski definition) is 2. The fourth-order valence-corrected chi connectivity index (χ4v) is 2.59. The van der Waals surface area contributed by atoms with Crippen LogP contribution in [-0.2, 0) is 6.54 Å². The largest absolute Gasteiger partial charge is 0.398 e. The van der Waals surface area contributed by atoms with Crippen LogP contribution < -0.4 is 5.73 Å². The molecule has 0 spiro atoms. The first-order chi connectivity index (χ1) is 9.04. The smallest absolute Gasteiger partial charge is 0.124 e. The number of aryl methyl sites for hydroxylation is 1. The number of hydrogen-bond acceptors (Lipinski definition) is 3. The summed E-state index contributed by atoms with van der Waals surface area (Å²) in [6.07, 6.45) is 1.56. The first-order valence-corrected chi connectivity index (χ1v) is 7.16. The molecule has 1 heterocycles. The van der Waals surface area contributed by atoms with E-state index in [1.54, 1.807) is 23.0 Å². The second-order valence-electron chi connectivity index (χ2n) is 4.28. The van der Waals surface area contributed by atoms with Gasteiger partial charge in [-0.2, -0.15) is 5.10 Å². The minimum Gasteiger partial charge on any atom is -0.398 e. The predicted octanol–water partition coefficient (Wildman–Crippen LogP) is 3.37. The second kappa shape index (κ2) is 5.94. The van der Waals surface area contributed by atoms with Crippen LogP contribution in [0.25, 0.3) is 0 Å². The molecule has 1 atom stereocenters. The molecular formula is C13H15BrClN3O. The number of halogens is 2. The van der Waals surface area contributed by atoms with E-state index >= 15 is 0 Å². The number of aliphatic hydroxyl groups excluding tert-OH is 1. The van der Waals surface area contributed by atoms with Crippen molar-refractivity contribution in [1.82, 2.24) is 9.78 Å². The highest BCUT2D eigenvalue weighted by Gasteiger charge is 2.21. The number of nitrogens with zero attached hydrogens (tertiary/aromatic N) is 2. The summed E-state index contributed by atoms with van der Waals surface area (Å²) in [5, 5.41) is 15.1. The summed E-state index contributed by atoms with van der Waals surface area (Å²) in [7, 11) is 0. The summed E-state index contributed by atoms with van der Waals surface area (Å²) in [5.41, 5.74) is 7.64. The van der Waals surface area contributed by atoms with Gasteiger partial charge in [0.15, 0.2) is 0 Å². The van der Waals surface area contributed by atoms with Crippen molar-refractivity contribution in [1.29, 1.82) is 0 Å². The Kier molecular flexibility index (Phi) is 4.50. The Morgan fingerprint density at radius 1 is 1.53 bits per heavy atom. The van der Waals surface area contributed by atoms with Gasteiger partial charge in [-0.15, -0.1) is 0 Å². The molecule has 3 N–H and O–H groups in total. The van der Waals surface area contributed by atoms with Gasteiger partial charge in [-0.3, -0.25) is 4.68 Å². The highest BCUT2D eigenvalue weighted by Crippen LogP contribution is 2.32. The summed E-state index contributed by atoms with van der Waals surface area (Å²) < 4.78 is 2.57. The zero-order valence-corrected chi connectivity index (χ0v) is 12.8. The van der Waals surface area contributed by atoms with E-state index in [1.807, 2.05) is 13.0 Å². The number of nitrogens with two attached hydrogens (primary N) is 1. The molecular weight excluding hydrogens is 330 g/mol. The van der Waals surface area contributed by atoms with Gasteiger partial charge in [0.2, 0.25) is 0 Å². The Hall–Kier alpha value is -1.04. The zero-order chi connectivity index (χ0) is 14.0. The van der Waals surface area contributed by atoms with E-state index < -0.39 is 6.10 Å². The number of aliphatic hydroxyl groups is 1. The molecule has 1 unspecified atom stereocenters. The molecule has 102 valence electrons. The number of benzene rings is 1. The number of anilines is 1. The molecule has 0 amide bonds. The average molecular weight is 345 g/mol. The van der Waals surface area contributed by atoms with Crippen LogP contribution in [0.15, 0.2) is 28.9 Å². The third-order valence-electron chi connectivity index (χ3n) is 2.87. The summed E-state index contributed by atoms with van der Waals surface area (Å²) in [5.74, 6) is 0. The van der Waals surface area contributed by atoms with Gasteiger partial charge in [-0.05, 0) is 24.6 Å². The SMILES string of the molecule is CCCn1ncc(Cl)c1C(O)c1cc(Br)ccc1N. The van der Waals surface area contributed by atoms with Crippen LogP contribution in [0, 0.1) is 0 Å². The van der Waals surface area contributed by atoms with Crippen molar-refractivity contribution in [2.75, 3.05) is 5.73 Å². The molecule has 6 heteroatoms. The Labute approximate surface area is 125 Å². The molecule has 19 heavy (non-hydrogen) atoms. The van der Waals surface area contributed by atoms with Crippen LogP contribution in [-0.4, -0.2) is 14.9 Å². The van der Waals surface area contributed by atoms with Crippen LogP contribution in [0.1, 0.15) is 30.7 Å². The third kappa shape index (κ3) is 2.94. The maximum absolute atomic E-state index is 10.5. The number of aromatic nitrogens is 2. The molecule has 2 aromatic rings. The molecule has 2 rings (SSSR count). The molecule has 0 aliphatic carbocycles. The lowest BCUT2D eigenvalue weighted by Gasteiger charge is -2.16. The first-order valence-electron chi connectivity index (χ1n) is 5.98. The Bertz CT molecular complexity index is 585. The van der Waals surface area contributed by atoms with Crippen molar-refractivity contribution in [2.24, 2.45) is 0 Å². The number of rotatable bonds is 4. The van der Waals surface area contributed by atoms with Crippen molar-refractivity contribution < 1.29 is 5.11 Å². The van der Waals surface area contributed by atoms with Crippen LogP contribution in [0.2, 0.25) is 5.02 Å². The summed E-state index contributed by atoms with van der Waals surface area (Å²) in [4.78, 5) is 0. The van der Waals surface area contributed by atoms with Crippen LogP contribution >= 0.6 is 27.5 Å². The van der Waals surface area contributed by atoms with E-state index in [9.17, 15) is 5.11 Å². The molecule has 0 fully saturated rings. The lowest BCUT2D eigenvalue weighted by Crippen LogP contribution is -2.12. The molecule has 0 bridgehead atoms. The lowest BCUT2D eigenvalue weighted by molar-refractivity contribution is 0.208. The van der Waals surface area contributed by atoms with E-state index in [4.69, 9.17) is 17.3 Å². The van der Waals surface area contributed by atoms with E-state index in [1.165, 1.54) is 0 Å². The van der Waals surface area contributed by atoms with Crippen molar-refractivity contribution in [3.8, 4) is 0 Å². The molecule has 0 radical (unpaired) electrons. The molecule has 0 saturated carbocycles. The normalized spacial score (nSPS) is 12.6. The molecule has 0 aliphatic rings. The predicted molar refractivity (Wildman–Crippen MR) is 80.1 cm³/mol. The van der Waals surface area contributed by atoms with Crippen LogP contribution in [0.3, 0.4) is 0 Å². The van der Waals surface area contributed by atoms with Gasteiger partial charge < -0.3 is 10.8 Å². The Morgan fingerprint density at radius 2 is 2.26 bits per heavy atom. The Balaban J connectivity index is 2.46. The van der Waals surface area contributed by atoms with Gasteiger partial charge in [0.25, 0.3) is 0 Å². The van der Waals surface area contributed by atoms with Gasteiger partial charge in [0.05, 0.1) is 16.9 Å². The van der Waals surface area contributed by atoms with Crippen molar-refractivity contribution >= 4 is 33.2 Å². The maximum atomic E-state index is 10.5. The molecule has 0 saturated heterocycles. The van der Waals surface area contributed by atoms with Crippen molar-refractivity contribution in [3.05, 3.63) is 45.1 Å². The van der Waals surface area contributed by atoms with Crippen molar-refractivity contribution in [2.45, 2.75) is 26.0 Å². The standard InChI is InChI=1S/C13H15BrClN3O/c1-2-5-18-12(10(15)7-17-18)13(19)9-6-8(14)3-4-11(9)16/h3-4,6-7,13,19H,2,5,16H2,1H3. The highest BCUT2D eigenvalue weighted by molar-refractivity contribution is 9.10. The van der Waals surface area contributed by atoms with Gasteiger partial charge in [0, 0.05) is 22.3 Å². The summed E-state index contributed by atoms with van der Waals surface area (Å²) >= 11 is 9.50. The van der Waals surface area contributed by atoms with Crippen LogP contribution in [0.4, 0.5) is 5.69 Å². The molecule has 1 aromatic heterocycles. The fraction of sp³-hybridized carbons (Fsp3) is 0.308. The van der Waals surface area contributed by atoms with Gasteiger partial charge >= 0.3 is 0 Å². The van der Waals surface area contributed by atoms with Gasteiger partial charge in [-0.25, -0.2) is 0 Å². The highest BCUT2D eigenvalue weighted by atomic mass is 79.9. The van der Waals surface area contributed by atoms with Crippen molar-refractivity contribution in [3.63, 3.8) is 0 Å². The first kappa shape index (κ1) is 14.4. The molecule has 0 aliphatic heterocycles. The fourth-order valence-electron chi connectivity index (χ4n) is 1.96. The lowest BCUT2D eigenvalue weighted by atomic mass is 10.0. The van der Waals surface area contributed by atoms with E-state index in [0.29, 0.717) is 28.5 Å². The van der Waals surface area contributed by atoms with Gasteiger partial charge in [0.1, 0.15) is 6.10 Å². The summed E-state index contributed by atoms with van der Waals surface area (Å²) in [6.45, 7) is 2.74. The second-order valence-corrected chi connectivity index (χ2v) is 5.60. The topological polar surface area (TPSA) is 64.1 Å². The average Bonchev–Trinajstić information content (AvgIpc) is 2.73. The zero-order valence-electron chi connectivity index (χ0n) is 10.5. The quantitative estimate of drug-likeness (QED) is 0.836. The monoisotopic (exact) mass is 343 g/mol. The number of nitrogen functional groups attached to an aromatic ring is 1. The Morgan fingerprint density at radius 3 is 2.95 bits per heavy atom. The van der Waals surface area contributed by atoms with E-state index in [2.05, 4.69) is 21.0 Å². The summed E-state index contributed by atoms with van der Waals surface area (Å²) in [6, 6.07) is 5.37. The van der Waals surface area contributed by atoms with E-state index in [0.717, 1.165) is 10.9 Å². The minimum atomic E-state index is -0.890. The molecule has 1 aromatic carbocycles. The van der Waals surface area contributed by atoms with Gasteiger partial charge in [-0.1, -0.05) is 34.5 Å². The molecule has 4 nitrogen and oxygen atoms in total. The third-order valence-corrected chi connectivity index (χ3v) is 3.66. The maximum Gasteiger partial charge on any atom is 0.124 e. The van der Waals surface area contributed by atoms with Crippen LogP contribution in [0.5, 0.6) is 0 Å².